The number of anilines is 1. The smallest absolute Gasteiger partial charge is 0.253 e. The summed E-state index contributed by atoms with van der Waals surface area (Å²) in [6.07, 6.45) is 1.37. The summed E-state index contributed by atoms with van der Waals surface area (Å²) < 4.78 is 5.13. The summed E-state index contributed by atoms with van der Waals surface area (Å²) in [7, 11) is 1.64. The first kappa shape index (κ1) is 18.1. The normalized spacial score (nSPS) is 14.9. The molecule has 0 aliphatic carbocycles. The molecule has 3 rings (SSSR count). The standard InChI is InChI=1S/C21H24N2O3/c1-26-15-16-6-5-7-18(14-16)21(25)23-12-10-17(11-13-23)20(24)22-19-8-3-2-4-9-19/h2-9,14,17H,10-13,15H2,1H3,(H,22,24). The zero-order valence-corrected chi connectivity index (χ0v) is 15.0. The van der Waals surface area contributed by atoms with Crippen LogP contribution in [0, 0.1) is 5.92 Å². The Labute approximate surface area is 154 Å². The van der Waals surface area contributed by atoms with E-state index in [0.29, 0.717) is 38.1 Å². The number of nitrogens with one attached hydrogen (secondary N) is 1. The summed E-state index contributed by atoms with van der Waals surface area (Å²) in [5.41, 5.74) is 2.47. The molecule has 1 heterocycles. The highest BCUT2D eigenvalue weighted by Gasteiger charge is 2.27. The molecular formula is C21H24N2O3. The quantitative estimate of drug-likeness (QED) is 0.898. The average molecular weight is 352 g/mol. The fourth-order valence-electron chi connectivity index (χ4n) is 3.25. The van der Waals surface area contributed by atoms with Gasteiger partial charge in [0.05, 0.1) is 6.61 Å². The van der Waals surface area contributed by atoms with Crippen molar-refractivity contribution in [3.05, 3.63) is 65.7 Å². The number of methoxy groups -OCH3 is 1. The van der Waals surface area contributed by atoms with Gasteiger partial charge in [0.2, 0.25) is 5.91 Å². The first-order valence-corrected chi connectivity index (χ1v) is 8.90. The van der Waals surface area contributed by atoms with E-state index in [1.807, 2.05) is 59.5 Å². The van der Waals surface area contributed by atoms with E-state index in [2.05, 4.69) is 5.32 Å². The lowest BCUT2D eigenvalue weighted by molar-refractivity contribution is -0.121. The number of para-hydroxylation sites is 1. The second-order valence-electron chi connectivity index (χ2n) is 6.56. The molecule has 136 valence electrons. The van der Waals surface area contributed by atoms with Gasteiger partial charge < -0.3 is 15.0 Å². The summed E-state index contributed by atoms with van der Waals surface area (Å²) in [6.45, 7) is 1.68. The van der Waals surface area contributed by atoms with Gasteiger partial charge >= 0.3 is 0 Å². The summed E-state index contributed by atoms with van der Waals surface area (Å²) in [4.78, 5) is 26.9. The van der Waals surface area contributed by atoms with E-state index in [9.17, 15) is 9.59 Å². The van der Waals surface area contributed by atoms with Gasteiger partial charge in [-0.2, -0.15) is 0 Å². The highest BCUT2D eigenvalue weighted by molar-refractivity contribution is 5.95. The van der Waals surface area contributed by atoms with Crippen molar-refractivity contribution in [3.63, 3.8) is 0 Å². The minimum atomic E-state index is -0.0564. The monoisotopic (exact) mass is 352 g/mol. The Morgan fingerprint density at radius 1 is 1.08 bits per heavy atom. The number of amides is 2. The van der Waals surface area contributed by atoms with Crippen LogP contribution in [0.15, 0.2) is 54.6 Å². The predicted octanol–water partition coefficient (Wildman–Crippen LogP) is 3.32. The van der Waals surface area contributed by atoms with Gasteiger partial charge in [-0.05, 0) is 42.7 Å². The molecule has 1 aliphatic heterocycles. The van der Waals surface area contributed by atoms with Crippen LogP contribution < -0.4 is 5.32 Å². The van der Waals surface area contributed by atoms with Crippen LogP contribution in [0.25, 0.3) is 0 Å². The van der Waals surface area contributed by atoms with E-state index in [1.54, 1.807) is 7.11 Å². The van der Waals surface area contributed by atoms with E-state index in [-0.39, 0.29) is 17.7 Å². The summed E-state index contributed by atoms with van der Waals surface area (Å²) >= 11 is 0. The van der Waals surface area contributed by atoms with Crippen LogP contribution in [0.5, 0.6) is 0 Å². The average Bonchev–Trinajstić information content (AvgIpc) is 2.69. The lowest BCUT2D eigenvalue weighted by atomic mass is 9.95. The van der Waals surface area contributed by atoms with Crippen molar-refractivity contribution in [2.24, 2.45) is 5.92 Å². The van der Waals surface area contributed by atoms with E-state index in [0.717, 1.165) is 11.3 Å². The zero-order chi connectivity index (χ0) is 18.4. The van der Waals surface area contributed by atoms with Crippen molar-refractivity contribution in [1.29, 1.82) is 0 Å². The number of benzene rings is 2. The Bertz CT molecular complexity index is 753. The second kappa shape index (κ2) is 8.63. The summed E-state index contributed by atoms with van der Waals surface area (Å²) in [6, 6.07) is 17.0. The molecule has 0 atom stereocenters. The van der Waals surface area contributed by atoms with Crippen molar-refractivity contribution in [2.45, 2.75) is 19.4 Å². The molecule has 0 bridgehead atoms. The Hall–Kier alpha value is -2.66. The van der Waals surface area contributed by atoms with E-state index < -0.39 is 0 Å². The highest BCUT2D eigenvalue weighted by atomic mass is 16.5. The molecule has 1 aliphatic rings. The maximum atomic E-state index is 12.7. The van der Waals surface area contributed by atoms with Gasteiger partial charge in [-0.1, -0.05) is 30.3 Å². The fourth-order valence-corrected chi connectivity index (χ4v) is 3.25. The van der Waals surface area contributed by atoms with E-state index >= 15 is 0 Å². The number of hydrogen-bond donors (Lipinski definition) is 1. The minimum Gasteiger partial charge on any atom is -0.380 e. The van der Waals surface area contributed by atoms with Crippen molar-refractivity contribution in [2.75, 3.05) is 25.5 Å². The SMILES string of the molecule is COCc1cccc(C(=O)N2CCC(C(=O)Nc3ccccc3)CC2)c1. The van der Waals surface area contributed by atoms with E-state index in [1.165, 1.54) is 0 Å². The Balaban J connectivity index is 1.55. The number of rotatable bonds is 5. The molecule has 1 N–H and O–H groups in total. The molecule has 5 heteroatoms. The molecular weight excluding hydrogens is 328 g/mol. The maximum absolute atomic E-state index is 12.7. The Kier molecular flexibility index (Phi) is 6.02. The van der Waals surface area contributed by atoms with Gasteiger partial charge in [0.15, 0.2) is 0 Å². The lowest BCUT2D eigenvalue weighted by Crippen LogP contribution is -2.41. The third-order valence-electron chi connectivity index (χ3n) is 4.68. The number of piperidine rings is 1. The van der Waals surface area contributed by atoms with Crippen molar-refractivity contribution in [1.82, 2.24) is 4.90 Å². The highest BCUT2D eigenvalue weighted by Crippen LogP contribution is 2.21. The maximum Gasteiger partial charge on any atom is 0.253 e. The molecule has 0 aromatic heterocycles. The topological polar surface area (TPSA) is 58.6 Å². The molecule has 5 nitrogen and oxygen atoms in total. The van der Waals surface area contributed by atoms with Crippen LogP contribution >= 0.6 is 0 Å². The molecule has 2 amide bonds. The van der Waals surface area contributed by atoms with Gasteiger partial charge in [-0.3, -0.25) is 9.59 Å². The van der Waals surface area contributed by atoms with Gasteiger partial charge in [-0.25, -0.2) is 0 Å². The number of likely N-dealkylation sites (tertiary alicyclic amines) is 1. The Morgan fingerprint density at radius 2 is 1.81 bits per heavy atom. The molecule has 0 unspecified atom stereocenters. The van der Waals surface area contributed by atoms with Crippen molar-refractivity contribution in [3.8, 4) is 0 Å². The molecule has 0 radical (unpaired) electrons. The molecule has 0 spiro atoms. The molecule has 2 aromatic rings. The first-order chi connectivity index (χ1) is 12.7. The van der Waals surface area contributed by atoms with Crippen molar-refractivity contribution < 1.29 is 14.3 Å². The Morgan fingerprint density at radius 3 is 2.50 bits per heavy atom. The molecule has 1 fully saturated rings. The van der Waals surface area contributed by atoms with Gasteiger partial charge in [0, 0.05) is 37.4 Å². The largest absolute Gasteiger partial charge is 0.380 e. The van der Waals surface area contributed by atoms with Crippen LogP contribution in [0.4, 0.5) is 5.69 Å². The number of carbonyl (C=O) groups excluding carboxylic acids is 2. The van der Waals surface area contributed by atoms with Crippen LogP contribution in [-0.2, 0) is 16.1 Å². The second-order valence-corrected chi connectivity index (χ2v) is 6.56. The van der Waals surface area contributed by atoms with Gasteiger partial charge in [0.25, 0.3) is 5.91 Å². The van der Waals surface area contributed by atoms with Crippen LogP contribution in [0.2, 0.25) is 0 Å². The first-order valence-electron chi connectivity index (χ1n) is 8.90. The van der Waals surface area contributed by atoms with E-state index in [4.69, 9.17) is 4.74 Å². The molecule has 2 aromatic carbocycles. The number of nitrogens with zero attached hydrogens (tertiary/aromatic N) is 1. The van der Waals surface area contributed by atoms with Gasteiger partial charge in [-0.15, -0.1) is 0 Å². The molecule has 0 saturated carbocycles. The fraction of sp³-hybridized carbons (Fsp3) is 0.333. The third kappa shape index (κ3) is 4.49. The lowest BCUT2D eigenvalue weighted by Gasteiger charge is -2.31. The minimum absolute atomic E-state index is 0.0184. The van der Waals surface area contributed by atoms with Crippen LogP contribution in [-0.4, -0.2) is 36.9 Å². The van der Waals surface area contributed by atoms with Gasteiger partial charge in [0.1, 0.15) is 0 Å². The number of ether oxygens (including phenoxy) is 1. The summed E-state index contributed by atoms with van der Waals surface area (Å²) in [5.74, 6) is -0.00524. The van der Waals surface area contributed by atoms with Crippen LogP contribution in [0.1, 0.15) is 28.8 Å². The summed E-state index contributed by atoms with van der Waals surface area (Å²) in [5, 5.41) is 2.95. The molecule has 1 saturated heterocycles. The van der Waals surface area contributed by atoms with Crippen molar-refractivity contribution >= 4 is 17.5 Å². The predicted molar refractivity (Wildman–Crippen MR) is 101 cm³/mol. The van der Waals surface area contributed by atoms with Crippen LogP contribution in [0.3, 0.4) is 0 Å². The number of hydrogen-bond acceptors (Lipinski definition) is 3. The zero-order valence-electron chi connectivity index (χ0n) is 15.0. The number of carbonyl (C=O) groups is 2. The molecule has 26 heavy (non-hydrogen) atoms. The third-order valence-corrected chi connectivity index (χ3v) is 4.68.